The van der Waals surface area contributed by atoms with Gasteiger partial charge in [0.1, 0.15) is 5.82 Å². The van der Waals surface area contributed by atoms with Gasteiger partial charge in [0.15, 0.2) is 0 Å². The fourth-order valence-electron chi connectivity index (χ4n) is 4.75. The van der Waals surface area contributed by atoms with Gasteiger partial charge < -0.3 is 4.90 Å². The van der Waals surface area contributed by atoms with Crippen molar-refractivity contribution in [2.45, 2.75) is 58.9 Å². The van der Waals surface area contributed by atoms with Gasteiger partial charge in [0.05, 0.1) is 22.6 Å². The predicted octanol–water partition coefficient (Wildman–Crippen LogP) is 7.06. The largest absolute Gasteiger partial charge is 0.333 e. The highest BCUT2D eigenvalue weighted by atomic mass is 35.5. The maximum absolute atomic E-state index is 13.9. The molecule has 0 radical (unpaired) electrons. The Morgan fingerprint density at radius 3 is 2.49 bits per heavy atom. The summed E-state index contributed by atoms with van der Waals surface area (Å²) in [6, 6.07) is 22.5. The Bertz CT molecular complexity index is 1430. The summed E-state index contributed by atoms with van der Waals surface area (Å²) in [6.45, 7) is 6.63. The lowest BCUT2D eigenvalue weighted by Crippen LogP contribution is -2.38. The fraction of sp³-hybridized carbons (Fsp3) is 0.323. The van der Waals surface area contributed by atoms with Crippen LogP contribution in [0, 0.1) is 6.92 Å². The van der Waals surface area contributed by atoms with E-state index in [9.17, 15) is 9.59 Å². The summed E-state index contributed by atoms with van der Waals surface area (Å²) in [4.78, 5) is 34.3. The Morgan fingerprint density at radius 2 is 1.73 bits per heavy atom. The number of halogens is 1. The van der Waals surface area contributed by atoms with Crippen LogP contribution in [0.3, 0.4) is 0 Å². The molecule has 0 aliphatic heterocycles. The van der Waals surface area contributed by atoms with Gasteiger partial charge in [-0.2, -0.15) is 0 Å². The maximum atomic E-state index is 13.9. The summed E-state index contributed by atoms with van der Waals surface area (Å²) in [7, 11) is 0. The van der Waals surface area contributed by atoms with E-state index in [2.05, 4.69) is 6.92 Å². The van der Waals surface area contributed by atoms with Crippen LogP contribution in [0.4, 0.5) is 0 Å². The number of hydrogen-bond donors (Lipinski definition) is 0. The molecule has 6 heteroatoms. The van der Waals surface area contributed by atoms with Gasteiger partial charge in [-0.05, 0) is 62.1 Å². The molecule has 0 saturated heterocycles. The number of nitrogens with zero attached hydrogens (tertiary/aromatic N) is 3. The molecule has 192 valence electrons. The van der Waals surface area contributed by atoms with Crippen molar-refractivity contribution in [2.75, 3.05) is 6.54 Å². The third-order valence-electron chi connectivity index (χ3n) is 6.92. The fourth-order valence-corrected chi connectivity index (χ4v) is 4.92. The topological polar surface area (TPSA) is 55.2 Å². The van der Waals surface area contributed by atoms with Crippen molar-refractivity contribution in [3.8, 4) is 5.69 Å². The van der Waals surface area contributed by atoms with Crippen LogP contribution in [-0.4, -0.2) is 26.9 Å². The van der Waals surface area contributed by atoms with Crippen LogP contribution in [-0.2, 0) is 11.2 Å². The standard InChI is InChI=1S/C31H34ClN3O2/c1-4-5-11-21-34(29(36)20-19-24-13-7-6-8-14-24)23(3)30-33-27-17-10-9-15-25(27)31(37)35(30)28-18-12-16-26(32)22(28)2/h6-10,12-18,23H,4-5,11,19-21H2,1-3H3. The van der Waals surface area contributed by atoms with Crippen LogP contribution in [0.15, 0.2) is 77.6 Å². The van der Waals surface area contributed by atoms with E-state index in [1.807, 2.05) is 85.5 Å². The number of unbranched alkanes of at least 4 members (excludes halogenated alkanes) is 2. The number of hydrogen-bond acceptors (Lipinski definition) is 3. The second kappa shape index (κ2) is 12.2. The van der Waals surface area contributed by atoms with Crippen LogP contribution < -0.4 is 5.56 Å². The second-order valence-corrected chi connectivity index (χ2v) is 9.87. The molecule has 0 fully saturated rings. The van der Waals surface area contributed by atoms with Gasteiger partial charge in [0, 0.05) is 18.0 Å². The molecule has 0 N–H and O–H groups in total. The molecule has 37 heavy (non-hydrogen) atoms. The molecular weight excluding hydrogens is 482 g/mol. The average Bonchev–Trinajstić information content (AvgIpc) is 2.92. The zero-order valence-electron chi connectivity index (χ0n) is 21.8. The van der Waals surface area contributed by atoms with E-state index in [0.29, 0.717) is 46.8 Å². The summed E-state index contributed by atoms with van der Waals surface area (Å²) in [6.07, 6.45) is 4.05. The first-order valence-corrected chi connectivity index (χ1v) is 13.4. The summed E-state index contributed by atoms with van der Waals surface area (Å²) in [5.41, 5.74) is 3.07. The molecule has 1 amide bonds. The third kappa shape index (κ3) is 5.94. The quantitative estimate of drug-likeness (QED) is 0.212. The van der Waals surface area contributed by atoms with E-state index in [-0.39, 0.29) is 11.5 Å². The van der Waals surface area contributed by atoms with Crippen LogP contribution in [0.25, 0.3) is 16.6 Å². The van der Waals surface area contributed by atoms with Gasteiger partial charge in [-0.15, -0.1) is 0 Å². The first-order valence-electron chi connectivity index (χ1n) is 13.0. The average molecular weight is 516 g/mol. The Kier molecular flexibility index (Phi) is 8.78. The summed E-state index contributed by atoms with van der Waals surface area (Å²) in [5, 5.41) is 1.11. The summed E-state index contributed by atoms with van der Waals surface area (Å²) < 4.78 is 1.64. The van der Waals surface area contributed by atoms with Crippen molar-refractivity contribution in [3.63, 3.8) is 0 Å². The Hall–Kier alpha value is -3.44. The van der Waals surface area contributed by atoms with Crippen LogP contribution >= 0.6 is 11.6 Å². The van der Waals surface area contributed by atoms with Gasteiger partial charge in [-0.25, -0.2) is 4.98 Å². The number of para-hydroxylation sites is 1. The van der Waals surface area contributed by atoms with Gasteiger partial charge >= 0.3 is 0 Å². The van der Waals surface area contributed by atoms with Crippen molar-refractivity contribution in [1.29, 1.82) is 0 Å². The lowest BCUT2D eigenvalue weighted by atomic mass is 10.1. The third-order valence-corrected chi connectivity index (χ3v) is 7.33. The van der Waals surface area contributed by atoms with Crippen molar-refractivity contribution < 1.29 is 4.79 Å². The zero-order valence-corrected chi connectivity index (χ0v) is 22.5. The molecule has 0 aliphatic carbocycles. The summed E-state index contributed by atoms with van der Waals surface area (Å²) >= 11 is 6.46. The molecule has 0 saturated carbocycles. The predicted molar refractivity (Wildman–Crippen MR) is 152 cm³/mol. The Labute approximate surface area is 223 Å². The molecule has 1 atom stereocenters. The highest BCUT2D eigenvalue weighted by molar-refractivity contribution is 6.31. The lowest BCUT2D eigenvalue weighted by molar-refractivity contribution is -0.133. The Morgan fingerprint density at radius 1 is 1.00 bits per heavy atom. The monoisotopic (exact) mass is 515 g/mol. The van der Waals surface area contributed by atoms with Crippen LogP contribution in [0.1, 0.15) is 62.5 Å². The minimum Gasteiger partial charge on any atom is -0.333 e. The van der Waals surface area contributed by atoms with Gasteiger partial charge in [0.25, 0.3) is 5.56 Å². The number of aromatic nitrogens is 2. The second-order valence-electron chi connectivity index (χ2n) is 9.47. The number of aryl methyl sites for hydroxylation is 1. The van der Waals surface area contributed by atoms with E-state index in [4.69, 9.17) is 16.6 Å². The van der Waals surface area contributed by atoms with Crippen molar-refractivity contribution >= 4 is 28.4 Å². The SMILES string of the molecule is CCCCCN(C(=O)CCc1ccccc1)C(C)c1nc2ccccc2c(=O)n1-c1cccc(Cl)c1C. The van der Waals surface area contributed by atoms with Gasteiger partial charge in [0.2, 0.25) is 5.91 Å². The molecule has 0 aliphatic rings. The number of amides is 1. The molecule has 3 aromatic carbocycles. The molecule has 4 aromatic rings. The normalized spacial score (nSPS) is 12.0. The molecule has 1 heterocycles. The first-order chi connectivity index (χ1) is 17.9. The number of carbonyl (C=O) groups excluding carboxylic acids is 1. The minimum absolute atomic E-state index is 0.0595. The molecule has 1 aromatic heterocycles. The van der Waals surface area contributed by atoms with Crippen molar-refractivity contribution in [2.24, 2.45) is 0 Å². The molecule has 1 unspecified atom stereocenters. The molecule has 0 bridgehead atoms. The van der Waals surface area contributed by atoms with Gasteiger partial charge in [-0.1, -0.05) is 79.9 Å². The van der Waals surface area contributed by atoms with Crippen LogP contribution in [0.5, 0.6) is 0 Å². The number of benzene rings is 3. The first kappa shape index (κ1) is 26.6. The number of carbonyl (C=O) groups is 1. The van der Waals surface area contributed by atoms with E-state index in [0.717, 1.165) is 30.4 Å². The van der Waals surface area contributed by atoms with E-state index in [1.165, 1.54) is 0 Å². The maximum Gasteiger partial charge on any atom is 0.266 e. The zero-order chi connectivity index (χ0) is 26.4. The highest BCUT2D eigenvalue weighted by Crippen LogP contribution is 2.28. The van der Waals surface area contributed by atoms with Crippen LogP contribution in [0.2, 0.25) is 5.02 Å². The molecular formula is C31H34ClN3O2. The minimum atomic E-state index is -0.407. The van der Waals surface area contributed by atoms with E-state index >= 15 is 0 Å². The lowest BCUT2D eigenvalue weighted by Gasteiger charge is -2.31. The summed E-state index contributed by atoms with van der Waals surface area (Å²) in [5.74, 6) is 0.600. The smallest absolute Gasteiger partial charge is 0.266 e. The van der Waals surface area contributed by atoms with Gasteiger partial charge in [-0.3, -0.25) is 14.2 Å². The molecule has 5 nitrogen and oxygen atoms in total. The Balaban J connectivity index is 1.80. The van der Waals surface area contributed by atoms with E-state index < -0.39 is 6.04 Å². The van der Waals surface area contributed by atoms with Crippen molar-refractivity contribution in [1.82, 2.24) is 14.5 Å². The number of fused-ring (bicyclic) bond motifs is 1. The highest BCUT2D eigenvalue weighted by Gasteiger charge is 2.27. The molecule has 0 spiro atoms. The number of rotatable bonds is 10. The molecule has 4 rings (SSSR count). The van der Waals surface area contributed by atoms with Crippen molar-refractivity contribution in [3.05, 3.63) is 105 Å². The van der Waals surface area contributed by atoms with E-state index in [1.54, 1.807) is 10.6 Å².